The van der Waals surface area contributed by atoms with Gasteiger partial charge in [-0.25, -0.2) is 4.79 Å². The van der Waals surface area contributed by atoms with Crippen LogP contribution < -0.4 is 0 Å². The minimum Gasteiger partial charge on any atom is -0.452 e. The monoisotopic (exact) mass is 525 g/mol. The Labute approximate surface area is 221 Å². The standard InChI is InChI=1S/C28H36N3O5P/c1-6-34-37(35-7-2)36-24-19-18-23(20-31(24)28(32)33-5)27-29(3)25(21-14-10-8-11-15-21)26(30(27)4)22-16-12-9-13-17-22/h8-20,24-27H,6-7H2,1-5H3/t24?,25-,26-/m0/s1. The zero-order valence-electron chi connectivity index (χ0n) is 22.1. The Bertz CT molecular complexity index is 1030. The van der Waals surface area contributed by atoms with Crippen LogP contribution in [-0.2, 0) is 18.3 Å². The summed E-state index contributed by atoms with van der Waals surface area (Å²) in [4.78, 5) is 19.0. The first-order valence-corrected chi connectivity index (χ1v) is 13.6. The average Bonchev–Trinajstić information content (AvgIpc) is 3.19. The second kappa shape index (κ2) is 12.8. The SMILES string of the molecule is CCOP(OCC)OC1C=CC(C2N(C)[C@@H](c3ccccc3)[C@H](c3ccccc3)N2C)=CN1C(=O)OC. The summed E-state index contributed by atoms with van der Waals surface area (Å²) in [7, 11) is 4.02. The number of amides is 1. The number of ether oxygens (including phenoxy) is 1. The Morgan fingerprint density at radius 1 is 0.865 bits per heavy atom. The molecule has 37 heavy (non-hydrogen) atoms. The Hall–Kier alpha value is -2.58. The van der Waals surface area contributed by atoms with Crippen LogP contribution in [0.5, 0.6) is 0 Å². The lowest BCUT2D eigenvalue weighted by molar-refractivity contribution is 0.0526. The van der Waals surface area contributed by atoms with Crippen LogP contribution in [-0.4, -0.2) is 67.6 Å². The van der Waals surface area contributed by atoms with Crippen molar-refractivity contribution in [3.8, 4) is 0 Å². The molecule has 2 aliphatic rings. The van der Waals surface area contributed by atoms with Crippen molar-refractivity contribution in [2.45, 2.75) is 38.3 Å². The van der Waals surface area contributed by atoms with E-state index < -0.39 is 20.9 Å². The highest BCUT2D eigenvalue weighted by molar-refractivity contribution is 7.41. The molecule has 1 saturated heterocycles. The molecule has 0 N–H and O–H groups in total. The number of hydrogen-bond acceptors (Lipinski definition) is 7. The molecule has 0 bridgehead atoms. The van der Waals surface area contributed by atoms with E-state index in [1.807, 2.05) is 44.3 Å². The third-order valence-corrected chi connectivity index (χ3v) is 7.92. The molecular weight excluding hydrogens is 489 g/mol. The lowest BCUT2D eigenvalue weighted by Gasteiger charge is -2.34. The van der Waals surface area contributed by atoms with E-state index in [2.05, 4.69) is 72.4 Å². The zero-order valence-corrected chi connectivity index (χ0v) is 23.0. The van der Waals surface area contributed by atoms with Gasteiger partial charge in [0.05, 0.1) is 38.6 Å². The van der Waals surface area contributed by atoms with Crippen molar-refractivity contribution in [2.24, 2.45) is 0 Å². The van der Waals surface area contributed by atoms with Crippen molar-refractivity contribution in [3.63, 3.8) is 0 Å². The summed E-state index contributed by atoms with van der Waals surface area (Å²) in [5.41, 5.74) is 3.42. The van der Waals surface area contributed by atoms with Gasteiger partial charge in [-0.2, -0.15) is 0 Å². The first kappa shape index (κ1) is 27.5. The van der Waals surface area contributed by atoms with Crippen molar-refractivity contribution in [1.29, 1.82) is 0 Å². The molecular formula is C28H36N3O5P. The van der Waals surface area contributed by atoms with Crippen molar-refractivity contribution in [2.75, 3.05) is 34.4 Å². The van der Waals surface area contributed by atoms with Gasteiger partial charge < -0.3 is 13.8 Å². The number of methoxy groups -OCH3 is 1. The normalized spacial score (nSPS) is 23.0. The molecule has 2 aliphatic heterocycles. The van der Waals surface area contributed by atoms with Gasteiger partial charge in [0.2, 0.25) is 0 Å². The van der Waals surface area contributed by atoms with Gasteiger partial charge in [-0.3, -0.25) is 19.2 Å². The van der Waals surface area contributed by atoms with E-state index in [9.17, 15) is 4.79 Å². The van der Waals surface area contributed by atoms with E-state index >= 15 is 0 Å². The van der Waals surface area contributed by atoms with E-state index in [1.165, 1.54) is 23.1 Å². The predicted molar refractivity (Wildman–Crippen MR) is 144 cm³/mol. The summed E-state index contributed by atoms with van der Waals surface area (Å²) in [6.07, 6.45) is 4.37. The van der Waals surface area contributed by atoms with Crippen LogP contribution in [0.25, 0.3) is 0 Å². The van der Waals surface area contributed by atoms with Gasteiger partial charge in [-0.05, 0) is 45.1 Å². The van der Waals surface area contributed by atoms with Crippen LogP contribution >= 0.6 is 8.60 Å². The Morgan fingerprint density at radius 2 is 1.38 bits per heavy atom. The second-order valence-corrected chi connectivity index (χ2v) is 10.0. The largest absolute Gasteiger partial charge is 0.452 e. The highest BCUT2D eigenvalue weighted by atomic mass is 31.2. The van der Waals surface area contributed by atoms with Crippen LogP contribution in [0.2, 0.25) is 0 Å². The highest BCUT2D eigenvalue weighted by Crippen LogP contribution is 2.48. The minimum atomic E-state index is -1.61. The first-order chi connectivity index (χ1) is 18.0. The van der Waals surface area contributed by atoms with Gasteiger partial charge in [0.1, 0.15) is 0 Å². The predicted octanol–water partition coefficient (Wildman–Crippen LogP) is 5.84. The second-order valence-electron chi connectivity index (χ2n) is 8.84. The molecule has 9 heteroatoms. The lowest BCUT2D eigenvalue weighted by atomic mass is 9.93. The Kier molecular flexibility index (Phi) is 9.49. The summed E-state index contributed by atoms with van der Waals surface area (Å²) >= 11 is 0. The molecule has 1 amide bonds. The molecule has 0 aromatic heterocycles. The van der Waals surface area contributed by atoms with Crippen molar-refractivity contribution >= 4 is 14.7 Å². The molecule has 198 valence electrons. The van der Waals surface area contributed by atoms with E-state index in [0.29, 0.717) is 13.2 Å². The van der Waals surface area contributed by atoms with Gasteiger partial charge >= 0.3 is 14.7 Å². The quantitative estimate of drug-likeness (QED) is 0.381. The van der Waals surface area contributed by atoms with Crippen molar-refractivity contribution in [3.05, 3.63) is 95.7 Å². The van der Waals surface area contributed by atoms with Crippen LogP contribution in [0, 0.1) is 0 Å². The number of carbonyl (C=O) groups excluding carboxylic acids is 1. The molecule has 0 radical (unpaired) electrons. The molecule has 0 aliphatic carbocycles. The number of likely N-dealkylation sites (N-methyl/N-ethyl adjacent to an activating group) is 2. The minimum absolute atomic E-state index is 0.0972. The summed E-state index contributed by atoms with van der Waals surface area (Å²) in [5.74, 6) is 0. The maximum atomic E-state index is 12.8. The number of benzene rings is 2. The van der Waals surface area contributed by atoms with E-state index in [-0.39, 0.29) is 18.2 Å². The molecule has 1 fully saturated rings. The van der Waals surface area contributed by atoms with Crippen molar-refractivity contribution < 1.29 is 23.1 Å². The van der Waals surface area contributed by atoms with E-state index in [1.54, 1.807) is 0 Å². The van der Waals surface area contributed by atoms with Gasteiger partial charge in [0.15, 0.2) is 6.23 Å². The Morgan fingerprint density at radius 3 is 1.84 bits per heavy atom. The maximum Gasteiger partial charge on any atom is 0.415 e. The van der Waals surface area contributed by atoms with Gasteiger partial charge in [-0.15, -0.1) is 0 Å². The summed E-state index contributed by atoms with van der Waals surface area (Å²) in [5, 5.41) is 0. The molecule has 1 unspecified atom stereocenters. The highest BCUT2D eigenvalue weighted by Gasteiger charge is 2.46. The van der Waals surface area contributed by atoms with E-state index in [0.717, 1.165) is 5.57 Å². The van der Waals surface area contributed by atoms with Crippen LogP contribution in [0.3, 0.4) is 0 Å². The van der Waals surface area contributed by atoms with Crippen molar-refractivity contribution in [1.82, 2.24) is 14.7 Å². The molecule has 2 heterocycles. The number of rotatable bonds is 9. The topological polar surface area (TPSA) is 63.7 Å². The van der Waals surface area contributed by atoms with Crippen LogP contribution in [0.1, 0.15) is 37.1 Å². The van der Waals surface area contributed by atoms with Gasteiger partial charge in [0, 0.05) is 11.8 Å². The zero-order chi connectivity index (χ0) is 26.4. The smallest absolute Gasteiger partial charge is 0.415 e. The molecule has 3 atom stereocenters. The summed E-state index contributed by atoms with van der Waals surface area (Å²) < 4.78 is 22.3. The molecule has 4 rings (SSSR count). The van der Waals surface area contributed by atoms with Crippen LogP contribution in [0.15, 0.2) is 84.6 Å². The third kappa shape index (κ3) is 5.96. The number of hydrogen-bond donors (Lipinski definition) is 0. The molecule has 2 aromatic carbocycles. The first-order valence-electron chi connectivity index (χ1n) is 12.5. The van der Waals surface area contributed by atoms with E-state index in [4.69, 9.17) is 18.3 Å². The third-order valence-electron chi connectivity index (χ3n) is 6.59. The maximum absolute atomic E-state index is 12.8. The van der Waals surface area contributed by atoms with Gasteiger partial charge in [0.25, 0.3) is 0 Å². The molecule has 0 saturated carbocycles. The summed E-state index contributed by atoms with van der Waals surface area (Å²) in [6.45, 7) is 4.65. The average molecular weight is 526 g/mol. The fourth-order valence-corrected chi connectivity index (χ4v) is 6.07. The summed E-state index contributed by atoms with van der Waals surface area (Å²) in [6, 6.07) is 21.3. The molecule has 0 spiro atoms. The lowest BCUT2D eigenvalue weighted by Crippen LogP contribution is -2.42. The Balaban J connectivity index is 1.68. The number of carbonyl (C=O) groups is 1. The fraction of sp³-hybridized carbons (Fsp3) is 0.393. The molecule has 8 nitrogen and oxygen atoms in total. The van der Waals surface area contributed by atoms with Gasteiger partial charge in [-0.1, -0.05) is 66.7 Å². The number of nitrogens with zero attached hydrogens (tertiary/aromatic N) is 3. The molecule has 2 aromatic rings. The fourth-order valence-electron chi connectivity index (χ4n) is 5.10. The van der Waals surface area contributed by atoms with Crippen LogP contribution in [0.4, 0.5) is 4.79 Å².